The van der Waals surface area contributed by atoms with E-state index >= 15 is 0 Å². The summed E-state index contributed by atoms with van der Waals surface area (Å²) < 4.78 is 18.8. The molecule has 1 aliphatic heterocycles. The summed E-state index contributed by atoms with van der Waals surface area (Å²) in [4.78, 5) is 8.42. The van der Waals surface area contributed by atoms with Gasteiger partial charge in [-0.25, -0.2) is 14.4 Å². The van der Waals surface area contributed by atoms with Gasteiger partial charge in [0.05, 0.1) is 12.4 Å². The first-order valence-electron chi connectivity index (χ1n) is 6.26. The number of nitrogens with one attached hydrogen (secondary N) is 1. The quantitative estimate of drug-likeness (QED) is 0.916. The maximum absolute atomic E-state index is 13.1. The zero-order valence-electron chi connectivity index (χ0n) is 10.3. The van der Waals surface area contributed by atoms with E-state index in [0.717, 1.165) is 19.5 Å². The molecule has 1 fully saturated rings. The fourth-order valence-corrected chi connectivity index (χ4v) is 2.07. The molecule has 0 amide bonds. The number of halogens is 1. The van der Waals surface area contributed by atoms with Crippen LogP contribution in [0.25, 0.3) is 11.4 Å². The van der Waals surface area contributed by atoms with Crippen LogP contribution in [0, 0.1) is 5.82 Å². The number of aromatic nitrogens is 2. The Hall–Kier alpha value is -2.01. The van der Waals surface area contributed by atoms with Gasteiger partial charge in [-0.05, 0) is 25.1 Å². The summed E-state index contributed by atoms with van der Waals surface area (Å²) in [5.74, 6) is 0.851. The maximum Gasteiger partial charge on any atom is 0.159 e. The zero-order valence-corrected chi connectivity index (χ0v) is 10.3. The van der Waals surface area contributed by atoms with Crippen molar-refractivity contribution in [3.63, 3.8) is 0 Å². The average molecular weight is 259 g/mol. The molecule has 19 heavy (non-hydrogen) atoms. The van der Waals surface area contributed by atoms with Crippen LogP contribution in [0.3, 0.4) is 0 Å². The molecule has 0 radical (unpaired) electrons. The van der Waals surface area contributed by atoms with Gasteiger partial charge in [0.25, 0.3) is 0 Å². The summed E-state index contributed by atoms with van der Waals surface area (Å²) in [5, 5.41) is 3.23. The van der Waals surface area contributed by atoms with Crippen molar-refractivity contribution in [3.05, 3.63) is 42.5 Å². The van der Waals surface area contributed by atoms with Gasteiger partial charge >= 0.3 is 0 Å². The Bertz CT molecular complexity index is 553. The van der Waals surface area contributed by atoms with Crippen LogP contribution in [0.15, 0.2) is 36.7 Å². The second-order valence-electron chi connectivity index (χ2n) is 4.49. The molecule has 4 nitrogen and oxygen atoms in total. The maximum atomic E-state index is 13.1. The molecule has 1 unspecified atom stereocenters. The molecule has 2 heterocycles. The normalized spacial score (nSPS) is 18.5. The Labute approximate surface area is 110 Å². The highest BCUT2D eigenvalue weighted by Crippen LogP contribution is 2.18. The topological polar surface area (TPSA) is 47.0 Å². The molecule has 0 saturated carbocycles. The van der Waals surface area contributed by atoms with Crippen LogP contribution < -0.4 is 10.1 Å². The highest BCUT2D eigenvalue weighted by Gasteiger charge is 2.16. The minimum atomic E-state index is -0.293. The number of hydrogen-bond donors (Lipinski definition) is 1. The molecule has 0 spiro atoms. The second kappa shape index (κ2) is 5.32. The lowest BCUT2D eigenvalue weighted by Crippen LogP contribution is -2.19. The molecular weight excluding hydrogens is 245 g/mol. The van der Waals surface area contributed by atoms with Crippen LogP contribution >= 0.6 is 0 Å². The van der Waals surface area contributed by atoms with E-state index in [2.05, 4.69) is 15.3 Å². The zero-order chi connectivity index (χ0) is 13.1. The van der Waals surface area contributed by atoms with Crippen LogP contribution in [-0.4, -0.2) is 29.2 Å². The van der Waals surface area contributed by atoms with Gasteiger partial charge < -0.3 is 10.1 Å². The van der Waals surface area contributed by atoms with E-state index in [0.29, 0.717) is 17.1 Å². The summed E-state index contributed by atoms with van der Waals surface area (Å²) >= 11 is 0. The van der Waals surface area contributed by atoms with Crippen LogP contribution in [-0.2, 0) is 0 Å². The van der Waals surface area contributed by atoms with Gasteiger partial charge in [-0.3, -0.25) is 0 Å². The number of rotatable bonds is 3. The minimum Gasteiger partial charge on any atom is -0.486 e. The van der Waals surface area contributed by atoms with Crippen molar-refractivity contribution < 1.29 is 9.13 Å². The number of nitrogens with zero attached hydrogens (tertiary/aromatic N) is 2. The highest BCUT2D eigenvalue weighted by molar-refractivity contribution is 5.54. The second-order valence-corrected chi connectivity index (χ2v) is 4.49. The summed E-state index contributed by atoms with van der Waals surface area (Å²) in [7, 11) is 0. The first-order valence-corrected chi connectivity index (χ1v) is 6.26. The average Bonchev–Trinajstić information content (AvgIpc) is 2.92. The molecule has 98 valence electrons. The van der Waals surface area contributed by atoms with Crippen molar-refractivity contribution in [2.24, 2.45) is 0 Å². The van der Waals surface area contributed by atoms with Crippen molar-refractivity contribution in [3.8, 4) is 17.1 Å². The van der Waals surface area contributed by atoms with Crippen LogP contribution in [0.2, 0.25) is 0 Å². The Kier molecular flexibility index (Phi) is 3.37. The smallest absolute Gasteiger partial charge is 0.159 e. The predicted octanol–water partition coefficient (Wildman–Crippen LogP) is 2.02. The van der Waals surface area contributed by atoms with E-state index in [4.69, 9.17) is 4.74 Å². The Morgan fingerprint density at radius 2 is 2.11 bits per heavy atom. The van der Waals surface area contributed by atoms with E-state index in [-0.39, 0.29) is 11.9 Å². The summed E-state index contributed by atoms with van der Waals surface area (Å²) in [6.45, 7) is 1.83. The van der Waals surface area contributed by atoms with Crippen molar-refractivity contribution in [1.82, 2.24) is 15.3 Å². The Morgan fingerprint density at radius 3 is 2.79 bits per heavy atom. The van der Waals surface area contributed by atoms with Gasteiger partial charge in [0.15, 0.2) is 11.6 Å². The molecule has 0 aliphatic carbocycles. The number of ether oxygens (including phenoxy) is 1. The lowest BCUT2D eigenvalue weighted by Gasteiger charge is -2.11. The third kappa shape index (κ3) is 2.88. The molecule has 5 heteroatoms. The van der Waals surface area contributed by atoms with Gasteiger partial charge in [-0.15, -0.1) is 0 Å². The largest absolute Gasteiger partial charge is 0.486 e. The summed E-state index contributed by atoms with van der Waals surface area (Å²) in [6, 6.07) is 6.23. The van der Waals surface area contributed by atoms with E-state index < -0.39 is 0 Å². The minimum absolute atomic E-state index is 0.184. The third-order valence-corrected chi connectivity index (χ3v) is 3.03. The first-order chi connectivity index (χ1) is 9.31. The Balaban J connectivity index is 1.74. The molecule has 0 bridgehead atoms. The lowest BCUT2D eigenvalue weighted by molar-refractivity contribution is 0.221. The van der Waals surface area contributed by atoms with Crippen molar-refractivity contribution in [2.45, 2.75) is 12.5 Å². The summed E-state index contributed by atoms with van der Waals surface area (Å²) in [5.41, 5.74) is 0.661. The van der Waals surface area contributed by atoms with Crippen molar-refractivity contribution in [1.29, 1.82) is 0 Å². The SMILES string of the molecule is Fc1cccc(-c2ncc(OC3CCNC3)cn2)c1. The standard InChI is InChI=1S/C14H14FN3O/c15-11-3-1-2-10(6-11)14-17-8-13(9-18-14)19-12-4-5-16-7-12/h1-3,6,8-9,12,16H,4-5,7H2. The van der Waals surface area contributed by atoms with Gasteiger partial charge in [0.2, 0.25) is 0 Å². The van der Waals surface area contributed by atoms with E-state index in [1.807, 2.05) is 0 Å². The van der Waals surface area contributed by atoms with E-state index in [1.165, 1.54) is 12.1 Å². The molecule has 2 aromatic rings. The van der Waals surface area contributed by atoms with Gasteiger partial charge in [0.1, 0.15) is 11.9 Å². The van der Waals surface area contributed by atoms with Crippen LogP contribution in [0.4, 0.5) is 4.39 Å². The third-order valence-electron chi connectivity index (χ3n) is 3.03. The fraction of sp³-hybridized carbons (Fsp3) is 0.286. The highest BCUT2D eigenvalue weighted by atomic mass is 19.1. The molecular formula is C14H14FN3O. The lowest BCUT2D eigenvalue weighted by atomic mass is 10.2. The number of hydrogen-bond acceptors (Lipinski definition) is 4. The molecule has 1 aromatic heterocycles. The van der Waals surface area contributed by atoms with Gasteiger partial charge in [0, 0.05) is 12.1 Å². The molecule has 1 N–H and O–H groups in total. The molecule has 3 rings (SSSR count). The molecule has 1 aliphatic rings. The van der Waals surface area contributed by atoms with Crippen molar-refractivity contribution in [2.75, 3.05) is 13.1 Å². The monoisotopic (exact) mass is 259 g/mol. The summed E-state index contributed by atoms with van der Waals surface area (Å²) in [6.07, 6.45) is 4.44. The number of benzene rings is 1. The van der Waals surface area contributed by atoms with Gasteiger partial charge in [-0.2, -0.15) is 0 Å². The van der Waals surface area contributed by atoms with Crippen LogP contribution in [0.5, 0.6) is 5.75 Å². The molecule has 1 atom stereocenters. The van der Waals surface area contributed by atoms with Crippen molar-refractivity contribution >= 4 is 0 Å². The molecule has 1 saturated heterocycles. The van der Waals surface area contributed by atoms with E-state index in [1.54, 1.807) is 24.5 Å². The first kappa shape index (κ1) is 12.0. The molecule has 1 aromatic carbocycles. The van der Waals surface area contributed by atoms with Crippen LogP contribution in [0.1, 0.15) is 6.42 Å². The van der Waals surface area contributed by atoms with E-state index in [9.17, 15) is 4.39 Å². The Morgan fingerprint density at radius 1 is 1.26 bits per heavy atom. The predicted molar refractivity (Wildman–Crippen MR) is 69.3 cm³/mol. The fourth-order valence-electron chi connectivity index (χ4n) is 2.07. The van der Waals surface area contributed by atoms with Gasteiger partial charge in [-0.1, -0.05) is 12.1 Å².